The lowest BCUT2D eigenvalue weighted by Gasteiger charge is -2.23. The summed E-state index contributed by atoms with van der Waals surface area (Å²) in [5.74, 6) is 0.676. The summed E-state index contributed by atoms with van der Waals surface area (Å²) in [6.45, 7) is 9.32. The number of nitrogens with zero attached hydrogens (tertiary/aromatic N) is 2. The lowest BCUT2D eigenvalue weighted by atomic mass is 10.1. The summed E-state index contributed by atoms with van der Waals surface area (Å²) in [5.41, 5.74) is 2.16. The molecule has 1 heterocycles. The van der Waals surface area contributed by atoms with Crippen LogP contribution in [0.3, 0.4) is 0 Å². The highest BCUT2D eigenvalue weighted by Gasteiger charge is 2.23. The summed E-state index contributed by atoms with van der Waals surface area (Å²) in [5, 5.41) is 6.71. The summed E-state index contributed by atoms with van der Waals surface area (Å²) in [6, 6.07) is 5.47. The smallest absolute Gasteiger partial charge is 0.191 e. The van der Waals surface area contributed by atoms with Gasteiger partial charge in [-0.05, 0) is 62.9 Å². The number of aliphatic imine (C=N–C) groups is 1. The highest BCUT2D eigenvalue weighted by Crippen LogP contribution is 2.16. The van der Waals surface area contributed by atoms with Gasteiger partial charge in [-0.2, -0.15) is 0 Å². The fourth-order valence-corrected chi connectivity index (χ4v) is 3.40. The van der Waals surface area contributed by atoms with Crippen molar-refractivity contribution >= 4 is 29.9 Å². The number of benzene rings is 1. The van der Waals surface area contributed by atoms with E-state index in [-0.39, 0.29) is 29.8 Å². The molecule has 1 aromatic carbocycles. The minimum atomic E-state index is -0.177. The molecular formula is C20H34FIN4O. The van der Waals surface area contributed by atoms with Crippen LogP contribution in [0.2, 0.25) is 0 Å². The maximum atomic E-state index is 13.2. The molecule has 2 rings (SSSR count). The summed E-state index contributed by atoms with van der Waals surface area (Å²) in [7, 11) is 1.75. The van der Waals surface area contributed by atoms with Gasteiger partial charge in [0.2, 0.25) is 0 Å². The van der Waals surface area contributed by atoms with Crippen LogP contribution in [-0.2, 0) is 11.2 Å². The van der Waals surface area contributed by atoms with E-state index in [1.165, 1.54) is 18.9 Å². The van der Waals surface area contributed by atoms with Gasteiger partial charge in [0, 0.05) is 32.8 Å². The van der Waals surface area contributed by atoms with Crippen molar-refractivity contribution in [1.29, 1.82) is 0 Å². The zero-order chi connectivity index (χ0) is 18.8. The average Bonchev–Trinajstić information content (AvgIpc) is 3.07. The topological polar surface area (TPSA) is 48.9 Å². The number of hydrogen-bond acceptors (Lipinski definition) is 3. The molecule has 1 unspecified atom stereocenters. The zero-order valence-electron chi connectivity index (χ0n) is 16.8. The minimum Gasteiger partial charge on any atom is -0.383 e. The Morgan fingerprint density at radius 3 is 2.89 bits per heavy atom. The number of aryl methyl sites for hydroxylation is 1. The number of methoxy groups -OCH3 is 1. The molecule has 1 atom stereocenters. The molecule has 0 spiro atoms. The molecule has 1 aliphatic rings. The SMILES string of the molecule is CCNC(=NCC1CCCN1CCOC)NCCc1ccc(F)cc1C.I. The molecule has 1 saturated heterocycles. The predicted molar refractivity (Wildman–Crippen MR) is 121 cm³/mol. The van der Waals surface area contributed by atoms with Crippen LogP contribution < -0.4 is 10.6 Å². The zero-order valence-corrected chi connectivity index (χ0v) is 19.1. The Kier molecular flexibility index (Phi) is 11.9. The van der Waals surface area contributed by atoms with Crippen molar-refractivity contribution in [2.45, 2.75) is 39.2 Å². The van der Waals surface area contributed by atoms with E-state index < -0.39 is 0 Å². The first-order valence-electron chi connectivity index (χ1n) is 9.64. The second-order valence-electron chi connectivity index (χ2n) is 6.79. The van der Waals surface area contributed by atoms with E-state index in [0.29, 0.717) is 6.04 Å². The second kappa shape index (κ2) is 13.3. The van der Waals surface area contributed by atoms with Gasteiger partial charge in [0.05, 0.1) is 13.2 Å². The highest BCUT2D eigenvalue weighted by atomic mass is 127. The Hall–Kier alpha value is -0.930. The molecule has 27 heavy (non-hydrogen) atoms. The molecule has 0 amide bonds. The molecule has 0 saturated carbocycles. The van der Waals surface area contributed by atoms with Crippen LogP contribution in [0.1, 0.15) is 30.9 Å². The van der Waals surface area contributed by atoms with E-state index in [4.69, 9.17) is 9.73 Å². The number of halogens is 2. The van der Waals surface area contributed by atoms with Crippen molar-refractivity contribution in [2.75, 3.05) is 46.4 Å². The molecule has 7 heteroatoms. The van der Waals surface area contributed by atoms with Gasteiger partial charge in [-0.15, -0.1) is 24.0 Å². The number of guanidine groups is 1. The van der Waals surface area contributed by atoms with Crippen LogP contribution in [0.4, 0.5) is 4.39 Å². The van der Waals surface area contributed by atoms with Crippen LogP contribution in [0, 0.1) is 12.7 Å². The van der Waals surface area contributed by atoms with Crippen molar-refractivity contribution in [3.63, 3.8) is 0 Å². The minimum absolute atomic E-state index is 0. The summed E-state index contributed by atoms with van der Waals surface area (Å²) in [6.07, 6.45) is 3.28. The molecule has 1 aromatic rings. The van der Waals surface area contributed by atoms with Crippen molar-refractivity contribution in [2.24, 2.45) is 4.99 Å². The molecule has 2 N–H and O–H groups in total. The number of nitrogens with one attached hydrogen (secondary N) is 2. The van der Waals surface area contributed by atoms with Gasteiger partial charge in [-0.3, -0.25) is 9.89 Å². The van der Waals surface area contributed by atoms with Gasteiger partial charge < -0.3 is 15.4 Å². The molecule has 5 nitrogen and oxygen atoms in total. The first kappa shape index (κ1) is 24.1. The van der Waals surface area contributed by atoms with Crippen molar-refractivity contribution in [1.82, 2.24) is 15.5 Å². The Labute approximate surface area is 180 Å². The van der Waals surface area contributed by atoms with E-state index in [1.54, 1.807) is 13.2 Å². The van der Waals surface area contributed by atoms with Gasteiger partial charge in [0.15, 0.2) is 5.96 Å². The Balaban J connectivity index is 0.00000364. The summed E-state index contributed by atoms with van der Waals surface area (Å²) < 4.78 is 18.4. The highest BCUT2D eigenvalue weighted by molar-refractivity contribution is 14.0. The van der Waals surface area contributed by atoms with Crippen LogP contribution in [0.25, 0.3) is 0 Å². The maximum absolute atomic E-state index is 13.2. The number of rotatable bonds is 9. The van der Waals surface area contributed by atoms with Crippen LogP contribution >= 0.6 is 24.0 Å². The Bertz CT molecular complexity index is 585. The predicted octanol–water partition coefficient (Wildman–Crippen LogP) is 2.96. The van der Waals surface area contributed by atoms with Gasteiger partial charge >= 0.3 is 0 Å². The van der Waals surface area contributed by atoms with E-state index >= 15 is 0 Å². The summed E-state index contributed by atoms with van der Waals surface area (Å²) in [4.78, 5) is 7.24. The molecule has 1 fully saturated rings. The van der Waals surface area contributed by atoms with E-state index in [0.717, 1.165) is 62.8 Å². The monoisotopic (exact) mass is 492 g/mol. The van der Waals surface area contributed by atoms with Crippen molar-refractivity contribution < 1.29 is 9.13 Å². The molecule has 0 aliphatic carbocycles. The number of likely N-dealkylation sites (tertiary alicyclic amines) is 1. The lowest BCUT2D eigenvalue weighted by Crippen LogP contribution is -2.40. The van der Waals surface area contributed by atoms with Crippen LogP contribution in [0.5, 0.6) is 0 Å². The molecule has 0 aromatic heterocycles. The number of hydrogen-bond donors (Lipinski definition) is 2. The van der Waals surface area contributed by atoms with Crippen LogP contribution in [0.15, 0.2) is 23.2 Å². The first-order valence-corrected chi connectivity index (χ1v) is 9.64. The largest absolute Gasteiger partial charge is 0.383 e. The van der Waals surface area contributed by atoms with Crippen LogP contribution in [-0.4, -0.2) is 63.3 Å². The quantitative estimate of drug-likeness (QED) is 0.316. The Morgan fingerprint density at radius 1 is 1.37 bits per heavy atom. The first-order chi connectivity index (χ1) is 12.6. The molecule has 0 bridgehead atoms. The molecule has 0 radical (unpaired) electrons. The third-order valence-electron chi connectivity index (χ3n) is 4.88. The molecule has 1 aliphatic heterocycles. The standard InChI is InChI=1S/C20H33FN4O.HI/c1-4-22-20(23-10-9-17-7-8-18(21)14-16(17)2)24-15-19-6-5-11-25(19)12-13-26-3;/h7-8,14,19H,4-6,9-13,15H2,1-3H3,(H2,22,23,24);1H. The van der Waals surface area contributed by atoms with Gasteiger partial charge in [-0.25, -0.2) is 4.39 Å². The molecule has 154 valence electrons. The van der Waals surface area contributed by atoms with E-state index in [1.807, 2.05) is 13.0 Å². The van der Waals surface area contributed by atoms with Crippen molar-refractivity contribution in [3.8, 4) is 0 Å². The average molecular weight is 492 g/mol. The lowest BCUT2D eigenvalue weighted by molar-refractivity contribution is 0.142. The molecular weight excluding hydrogens is 458 g/mol. The second-order valence-corrected chi connectivity index (χ2v) is 6.79. The van der Waals surface area contributed by atoms with Gasteiger partial charge in [0.1, 0.15) is 5.82 Å². The van der Waals surface area contributed by atoms with Crippen molar-refractivity contribution in [3.05, 3.63) is 35.1 Å². The third-order valence-corrected chi connectivity index (χ3v) is 4.88. The van der Waals surface area contributed by atoms with E-state index in [9.17, 15) is 4.39 Å². The Morgan fingerprint density at radius 2 is 2.19 bits per heavy atom. The fourth-order valence-electron chi connectivity index (χ4n) is 3.40. The normalized spacial score (nSPS) is 17.6. The summed E-state index contributed by atoms with van der Waals surface area (Å²) >= 11 is 0. The fraction of sp³-hybridized carbons (Fsp3) is 0.650. The number of ether oxygens (including phenoxy) is 1. The maximum Gasteiger partial charge on any atom is 0.191 e. The third kappa shape index (κ3) is 8.31. The van der Waals surface area contributed by atoms with Gasteiger partial charge in [-0.1, -0.05) is 6.07 Å². The van der Waals surface area contributed by atoms with E-state index in [2.05, 4.69) is 22.5 Å². The van der Waals surface area contributed by atoms with Gasteiger partial charge in [0.25, 0.3) is 0 Å².